The number of hydrogen-bond acceptors (Lipinski definition) is 3. The van der Waals surface area contributed by atoms with Gasteiger partial charge in [0.25, 0.3) is 0 Å². The highest BCUT2D eigenvalue weighted by molar-refractivity contribution is 5.75. The number of carboxylic acids is 1. The van der Waals surface area contributed by atoms with Crippen molar-refractivity contribution in [3.8, 4) is 0 Å². The van der Waals surface area contributed by atoms with Crippen LogP contribution in [0.2, 0.25) is 0 Å². The van der Waals surface area contributed by atoms with Crippen molar-refractivity contribution in [2.75, 3.05) is 6.61 Å². The molecule has 2 unspecified atom stereocenters. The smallest absolute Gasteiger partial charge is 0.308 e. The van der Waals surface area contributed by atoms with Gasteiger partial charge in [0.15, 0.2) is 0 Å². The highest BCUT2D eigenvalue weighted by Crippen LogP contribution is 2.30. The van der Waals surface area contributed by atoms with Crippen molar-refractivity contribution in [3.05, 3.63) is 0 Å². The van der Waals surface area contributed by atoms with Gasteiger partial charge in [0.2, 0.25) is 0 Å². The zero-order valence-electron chi connectivity index (χ0n) is 13.3. The van der Waals surface area contributed by atoms with Gasteiger partial charge in [-0.25, -0.2) is 0 Å². The van der Waals surface area contributed by atoms with Gasteiger partial charge in [0.1, 0.15) is 0 Å². The SMILES string of the molecule is CCCCCCCCCOC(=O)C1CCCC(C(=O)O)C1. The van der Waals surface area contributed by atoms with Crippen LogP contribution < -0.4 is 0 Å². The molecule has 0 radical (unpaired) electrons. The van der Waals surface area contributed by atoms with E-state index >= 15 is 0 Å². The van der Waals surface area contributed by atoms with Gasteiger partial charge in [-0.1, -0.05) is 51.9 Å². The molecule has 0 aromatic carbocycles. The van der Waals surface area contributed by atoms with Crippen molar-refractivity contribution < 1.29 is 19.4 Å². The van der Waals surface area contributed by atoms with Gasteiger partial charge in [0, 0.05) is 0 Å². The van der Waals surface area contributed by atoms with Crippen LogP contribution in [0.5, 0.6) is 0 Å². The molecule has 0 heterocycles. The topological polar surface area (TPSA) is 63.6 Å². The van der Waals surface area contributed by atoms with E-state index in [1.165, 1.54) is 32.1 Å². The van der Waals surface area contributed by atoms with E-state index in [1.54, 1.807) is 0 Å². The first kappa shape index (κ1) is 18.0. The van der Waals surface area contributed by atoms with Crippen molar-refractivity contribution in [1.82, 2.24) is 0 Å². The highest BCUT2D eigenvalue weighted by Gasteiger charge is 2.31. The van der Waals surface area contributed by atoms with Crippen LogP contribution in [-0.4, -0.2) is 23.7 Å². The lowest BCUT2D eigenvalue weighted by molar-refractivity contribution is -0.152. The highest BCUT2D eigenvalue weighted by atomic mass is 16.5. The number of hydrogen-bond donors (Lipinski definition) is 1. The van der Waals surface area contributed by atoms with E-state index < -0.39 is 5.97 Å². The van der Waals surface area contributed by atoms with Crippen LogP contribution in [0.25, 0.3) is 0 Å². The van der Waals surface area contributed by atoms with Crippen molar-refractivity contribution in [2.45, 2.75) is 77.6 Å². The predicted octanol–water partition coefficient (Wildman–Crippen LogP) is 4.17. The van der Waals surface area contributed by atoms with E-state index in [0.717, 1.165) is 25.7 Å². The van der Waals surface area contributed by atoms with E-state index in [-0.39, 0.29) is 17.8 Å². The normalized spacial score (nSPS) is 22.0. The lowest BCUT2D eigenvalue weighted by atomic mass is 9.81. The number of carbonyl (C=O) groups excluding carboxylic acids is 1. The molecule has 4 nitrogen and oxygen atoms in total. The standard InChI is InChI=1S/C17H30O4/c1-2-3-4-5-6-7-8-12-21-17(20)15-11-9-10-14(13-15)16(18)19/h14-15H,2-13H2,1H3,(H,18,19). The average Bonchev–Trinajstić information content (AvgIpc) is 2.49. The number of unbranched alkanes of at least 4 members (excludes halogenated alkanes) is 6. The Morgan fingerprint density at radius 2 is 1.62 bits per heavy atom. The molecule has 0 amide bonds. The first-order chi connectivity index (χ1) is 10.1. The second kappa shape index (κ2) is 10.6. The Bertz CT molecular complexity index is 314. The van der Waals surface area contributed by atoms with Gasteiger partial charge in [-0.05, 0) is 25.7 Å². The fourth-order valence-corrected chi connectivity index (χ4v) is 2.98. The van der Waals surface area contributed by atoms with Crippen molar-refractivity contribution >= 4 is 11.9 Å². The van der Waals surface area contributed by atoms with Gasteiger partial charge in [-0.15, -0.1) is 0 Å². The van der Waals surface area contributed by atoms with E-state index in [4.69, 9.17) is 9.84 Å². The van der Waals surface area contributed by atoms with E-state index in [9.17, 15) is 9.59 Å². The monoisotopic (exact) mass is 298 g/mol. The number of esters is 1. The van der Waals surface area contributed by atoms with Gasteiger partial charge < -0.3 is 9.84 Å². The van der Waals surface area contributed by atoms with Gasteiger partial charge in [-0.2, -0.15) is 0 Å². The summed E-state index contributed by atoms with van der Waals surface area (Å²) in [5.74, 6) is -1.54. The molecule has 1 fully saturated rings. The number of carbonyl (C=O) groups is 2. The number of ether oxygens (including phenoxy) is 1. The Kier molecular flexibility index (Phi) is 9.11. The third kappa shape index (κ3) is 7.49. The molecule has 1 rings (SSSR count). The van der Waals surface area contributed by atoms with Gasteiger partial charge in [0.05, 0.1) is 18.4 Å². The molecule has 122 valence electrons. The molecule has 1 aliphatic carbocycles. The quantitative estimate of drug-likeness (QED) is 0.485. The maximum atomic E-state index is 11.9. The molecule has 0 spiro atoms. The molecule has 2 atom stereocenters. The Morgan fingerprint density at radius 3 is 2.29 bits per heavy atom. The van der Waals surface area contributed by atoms with Crippen molar-refractivity contribution in [3.63, 3.8) is 0 Å². The Hall–Kier alpha value is -1.06. The lowest BCUT2D eigenvalue weighted by Gasteiger charge is -2.25. The zero-order valence-corrected chi connectivity index (χ0v) is 13.3. The predicted molar refractivity (Wildman–Crippen MR) is 82.0 cm³/mol. The first-order valence-corrected chi connectivity index (χ1v) is 8.54. The lowest BCUT2D eigenvalue weighted by Crippen LogP contribution is -2.28. The molecule has 0 aromatic heterocycles. The molecule has 0 saturated heterocycles. The number of rotatable bonds is 10. The summed E-state index contributed by atoms with van der Waals surface area (Å²) in [6.07, 6.45) is 11.1. The minimum Gasteiger partial charge on any atom is -0.481 e. The van der Waals surface area contributed by atoms with Gasteiger partial charge in [-0.3, -0.25) is 9.59 Å². The van der Waals surface area contributed by atoms with E-state index in [1.807, 2.05) is 0 Å². The van der Waals surface area contributed by atoms with E-state index in [0.29, 0.717) is 19.4 Å². The fraction of sp³-hybridized carbons (Fsp3) is 0.882. The van der Waals surface area contributed by atoms with Crippen LogP contribution in [-0.2, 0) is 14.3 Å². The summed E-state index contributed by atoms with van der Waals surface area (Å²) in [5, 5.41) is 9.02. The average molecular weight is 298 g/mol. The molecule has 4 heteroatoms. The van der Waals surface area contributed by atoms with Crippen LogP contribution in [0.1, 0.15) is 77.6 Å². The van der Waals surface area contributed by atoms with Crippen molar-refractivity contribution in [2.24, 2.45) is 11.8 Å². The Labute approximate surface area is 128 Å². The molecular formula is C17H30O4. The molecule has 1 saturated carbocycles. The Balaban J connectivity index is 2.06. The summed E-state index contributed by atoms with van der Waals surface area (Å²) in [6.45, 7) is 2.69. The second-order valence-corrected chi connectivity index (χ2v) is 6.19. The summed E-state index contributed by atoms with van der Waals surface area (Å²) < 4.78 is 5.31. The molecule has 1 aliphatic rings. The molecular weight excluding hydrogens is 268 g/mol. The third-order valence-electron chi connectivity index (χ3n) is 4.35. The van der Waals surface area contributed by atoms with Crippen LogP contribution in [0.3, 0.4) is 0 Å². The summed E-state index contributed by atoms with van der Waals surface area (Å²) in [6, 6.07) is 0. The van der Waals surface area contributed by atoms with E-state index in [2.05, 4.69) is 6.92 Å². The molecule has 21 heavy (non-hydrogen) atoms. The summed E-state index contributed by atoms with van der Waals surface area (Å²) in [7, 11) is 0. The molecule has 0 aromatic rings. The minimum atomic E-state index is -0.778. The Morgan fingerprint density at radius 1 is 1.00 bits per heavy atom. The first-order valence-electron chi connectivity index (χ1n) is 8.54. The number of carboxylic acid groups (broad SMARTS) is 1. The van der Waals surface area contributed by atoms with Crippen LogP contribution in [0, 0.1) is 11.8 Å². The van der Waals surface area contributed by atoms with Crippen LogP contribution >= 0.6 is 0 Å². The third-order valence-corrected chi connectivity index (χ3v) is 4.35. The summed E-state index contributed by atoms with van der Waals surface area (Å²) in [4.78, 5) is 22.9. The maximum Gasteiger partial charge on any atom is 0.308 e. The molecule has 0 bridgehead atoms. The van der Waals surface area contributed by atoms with Crippen LogP contribution in [0.15, 0.2) is 0 Å². The zero-order chi connectivity index (χ0) is 15.5. The number of aliphatic carboxylic acids is 1. The maximum absolute atomic E-state index is 11.9. The largest absolute Gasteiger partial charge is 0.481 e. The van der Waals surface area contributed by atoms with Crippen LogP contribution in [0.4, 0.5) is 0 Å². The molecule has 0 aliphatic heterocycles. The minimum absolute atomic E-state index is 0.188. The second-order valence-electron chi connectivity index (χ2n) is 6.19. The van der Waals surface area contributed by atoms with Gasteiger partial charge >= 0.3 is 11.9 Å². The molecule has 1 N–H and O–H groups in total. The summed E-state index contributed by atoms with van der Waals surface area (Å²) >= 11 is 0. The van der Waals surface area contributed by atoms with Crippen molar-refractivity contribution in [1.29, 1.82) is 0 Å². The summed E-state index contributed by atoms with van der Waals surface area (Å²) in [5.41, 5.74) is 0. The fourth-order valence-electron chi connectivity index (χ4n) is 2.98.